The molecule has 0 aliphatic carbocycles. The first kappa shape index (κ1) is 20.3. The molecule has 5 nitrogen and oxygen atoms in total. The Kier molecular flexibility index (Phi) is 5.69. The molecule has 0 radical (unpaired) electrons. The number of nitrogens with zero attached hydrogens (tertiary/aromatic N) is 2. The van der Waals surface area contributed by atoms with Gasteiger partial charge in [0, 0.05) is 29.7 Å². The molecule has 156 valence electrons. The van der Waals surface area contributed by atoms with Crippen LogP contribution in [0.15, 0.2) is 35.7 Å². The number of hydrogen-bond acceptors (Lipinski definition) is 5. The van der Waals surface area contributed by atoms with Crippen LogP contribution in [0.5, 0.6) is 0 Å². The fourth-order valence-corrected chi connectivity index (χ4v) is 3.85. The maximum atomic E-state index is 13.8. The Bertz CT molecular complexity index is 1080. The van der Waals surface area contributed by atoms with E-state index in [-0.39, 0.29) is 5.69 Å². The van der Waals surface area contributed by atoms with E-state index in [1.165, 1.54) is 11.3 Å². The van der Waals surface area contributed by atoms with Gasteiger partial charge < -0.3 is 15.0 Å². The van der Waals surface area contributed by atoms with Crippen LogP contribution in [0.1, 0.15) is 10.4 Å². The molecule has 0 atom stereocenters. The maximum Gasteiger partial charge on any atom is 0.258 e. The smallest absolute Gasteiger partial charge is 0.258 e. The van der Waals surface area contributed by atoms with Gasteiger partial charge in [-0.1, -0.05) is 12.1 Å². The van der Waals surface area contributed by atoms with Gasteiger partial charge in [0.15, 0.2) is 28.4 Å². The summed E-state index contributed by atoms with van der Waals surface area (Å²) in [6.45, 7) is 2.87. The van der Waals surface area contributed by atoms with Crippen molar-refractivity contribution in [2.45, 2.75) is 0 Å². The summed E-state index contributed by atoms with van der Waals surface area (Å²) < 4.78 is 58.8. The number of carbonyl (C=O) groups excluding carboxylic acids is 1. The minimum atomic E-state index is -2.03. The monoisotopic (exact) mass is 437 g/mol. The standard InChI is InChI=1S/C20H15F4N3O2S/c21-14-9-13(16(22)18(24)17(14)23)19(28)25-12-3-1-11(2-4-12)15-10-30-20(26-15)27-5-7-29-8-6-27/h1-4,9-10H,5-8H2,(H,25,28). The number of anilines is 2. The van der Waals surface area contributed by atoms with E-state index in [0.29, 0.717) is 19.3 Å². The van der Waals surface area contributed by atoms with Gasteiger partial charge in [0.2, 0.25) is 0 Å². The number of halogens is 4. The van der Waals surface area contributed by atoms with E-state index in [9.17, 15) is 22.4 Å². The Balaban J connectivity index is 1.48. The van der Waals surface area contributed by atoms with E-state index < -0.39 is 34.7 Å². The predicted molar refractivity (Wildman–Crippen MR) is 105 cm³/mol. The van der Waals surface area contributed by atoms with Gasteiger partial charge >= 0.3 is 0 Å². The van der Waals surface area contributed by atoms with E-state index in [1.54, 1.807) is 24.3 Å². The van der Waals surface area contributed by atoms with Gasteiger partial charge in [-0.25, -0.2) is 22.5 Å². The van der Waals surface area contributed by atoms with Gasteiger partial charge in [-0.3, -0.25) is 4.79 Å². The Morgan fingerprint density at radius 1 is 1.03 bits per heavy atom. The highest BCUT2D eigenvalue weighted by molar-refractivity contribution is 7.14. The number of rotatable bonds is 4. The average molecular weight is 437 g/mol. The number of hydrogen-bond donors (Lipinski definition) is 1. The lowest BCUT2D eigenvalue weighted by Gasteiger charge is -2.26. The first-order valence-corrected chi connectivity index (χ1v) is 9.85. The minimum absolute atomic E-state index is 0.275. The number of carbonyl (C=O) groups is 1. The predicted octanol–water partition coefficient (Wildman–Crippen LogP) is 4.46. The Labute approximate surface area is 172 Å². The third kappa shape index (κ3) is 4.01. The molecule has 0 spiro atoms. The molecule has 3 aromatic rings. The zero-order valence-corrected chi connectivity index (χ0v) is 16.2. The van der Waals surface area contributed by atoms with Gasteiger partial charge in [0.05, 0.1) is 24.5 Å². The number of aromatic nitrogens is 1. The van der Waals surface area contributed by atoms with E-state index in [0.717, 1.165) is 29.5 Å². The highest BCUT2D eigenvalue weighted by atomic mass is 32.1. The topological polar surface area (TPSA) is 54.5 Å². The van der Waals surface area contributed by atoms with Crippen molar-refractivity contribution in [3.8, 4) is 11.3 Å². The average Bonchev–Trinajstić information content (AvgIpc) is 3.26. The summed E-state index contributed by atoms with van der Waals surface area (Å²) in [6, 6.07) is 6.83. The zero-order valence-electron chi connectivity index (χ0n) is 15.4. The normalized spacial score (nSPS) is 14.1. The van der Waals surface area contributed by atoms with Crippen molar-refractivity contribution in [1.29, 1.82) is 0 Å². The van der Waals surface area contributed by atoms with E-state index in [4.69, 9.17) is 4.74 Å². The number of thiazole rings is 1. The van der Waals surface area contributed by atoms with E-state index in [2.05, 4.69) is 15.2 Å². The van der Waals surface area contributed by atoms with Crippen LogP contribution in [0, 0.1) is 23.3 Å². The summed E-state index contributed by atoms with van der Waals surface area (Å²) in [6.07, 6.45) is 0. The van der Waals surface area contributed by atoms with Crippen LogP contribution in [0.2, 0.25) is 0 Å². The molecule has 1 aliphatic heterocycles. The van der Waals surface area contributed by atoms with Crippen LogP contribution >= 0.6 is 11.3 Å². The highest BCUT2D eigenvalue weighted by Gasteiger charge is 2.23. The molecule has 1 amide bonds. The molecular weight excluding hydrogens is 422 g/mol. The molecule has 4 rings (SSSR count). The second-order valence-corrected chi connectivity index (χ2v) is 7.33. The molecule has 0 bridgehead atoms. The second-order valence-electron chi connectivity index (χ2n) is 6.49. The summed E-state index contributed by atoms with van der Waals surface area (Å²) in [5, 5.41) is 5.14. The summed E-state index contributed by atoms with van der Waals surface area (Å²) in [7, 11) is 0. The van der Waals surface area contributed by atoms with E-state index in [1.807, 2.05) is 5.38 Å². The van der Waals surface area contributed by atoms with Gasteiger partial charge in [-0.2, -0.15) is 0 Å². The third-order valence-electron chi connectivity index (χ3n) is 4.56. The lowest BCUT2D eigenvalue weighted by Crippen LogP contribution is -2.36. The first-order valence-electron chi connectivity index (χ1n) is 8.97. The van der Waals surface area contributed by atoms with Gasteiger partial charge in [0.1, 0.15) is 0 Å². The number of morpholine rings is 1. The minimum Gasteiger partial charge on any atom is -0.378 e. The molecule has 30 heavy (non-hydrogen) atoms. The SMILES string of the molecule is O=C(Nc1ccc(-c2csc(N3CCOCC3)n2)cc1)c1cc(F)c(F)c(F)c1F. The van der Waals surface area contributed by atoms with Crippen molar-refractivity contribution in [2.75, 3.05) is 36.5 Å². The van der Waals surface area contributed by atoms with Crippen molar-refractivity contribution in [2.24, 2.45) is 0 Å². The van der Waals surface area contributed by atoms with Crippen molar-refractivity contribution in [1.82, 2.24) is 4.98 Å². The molecule has 0 saturated carbocycles. The van der Waals surface area contributed by atoms with Crippen LogP contribution in [0.4, 0.5) is 28.4 Å². The molecule has 2 aromatic carbocycles. The number of ether oxygens (including phenoxy) is 1. The first-order chi connectivity index (χ1) is 14.4. The van der Waals surface area contributed by atoms with Crippen LogP contribution < -0.4 is 10.2 Å². The van der Waals surface area contributed by atoms with Crippen LogP contribution in [0.25, 0.3) is 11.3 Å². The second kappa shape index (κ2) is 8.41. The van der Waals surface area contributed by atoms with Crippen molar-refractivity contribution in [3.63, 3.8) is 0 Å². The molecule has 10 heteroatoms. The van der Waals surface area contributed by atoms with Crippen LogP contribution in [0.3, 0.4) is 0 Å². The molecule has 2 heterocycles. The number of amides is 1. The molecule has 1 saturated heterocycles. The molecular formula is C20H15F4N3O2S. The molecule has 1 aromatic heterocycles. The molecule has 1 N–H and O–H groups in total. The maximum absolute atomic E-state index is 13.8. The summed E-state index contributed by atoms with van der Waals surface area (Å²) in [4.78, 5) is 18.9. The van der Waals surface area contributed by atoms with Crippen LogP contribution in [-0.2, 0) is 4.74 Å². The lowest BCUT2D eigenvalue weighted by molar-refractivity contribution is 0.102. The number of nitrogens with one attached hydrogen (secondary N) is 1. The Morgan fingerprint density at radius 3 is 2.43 bits per heavy atom. The fourth-order valence-electron chi connectivity index (χ4n) is 2.96. The van der Waals surface area contributed by atoms with Crippen molar-refractivity contribution < 1.29 is 27.1 Å². The summed E-state index contributed by atoms with van der Waals surface area (Å²) in [5.74, 6) is -8.49. The largest absolute Gasteiger partial charge is 0.378 e. The van der Waals surface area contributed by atoms with Gasteiger partial charge in [-0.05, 0) is 18.2 Å². The summed E-state index contributed by atoms with van der Waals surface area (Å²) in [5.41, 5.74) is 0.906. The Hall–Kier alpha value is -2.98. The quantitative estimate of drug-likeness (QED) is 0.372. The van der Waals surface area contributed by atoms with Crippen molar-refractivity contribution >= 4 is 28.1 Å². The number of benzene rings is 2. The lowest BCUT2D eigenvalue weighted by atomic mass is 10.1. The Morgan fingerprint density at radius 2 is 1.73 bits per heavy atom. The highest BCUT2D eigenvalue weighted by Crippen LogP contribution is 2.29. The van der Waals surface area contributed by atoms with Gasteiger partial charge in [0.25, 0.3) is 5.91 Å². The van der Waals surface area contributed by atoms with E-state index >= 15 is 0 Å². The van der Waals surface area contributed by atoms with Crippen molar-refractivity contribution in [3.05, 3.63) is 64.5 Å². The third-order valence-corrected chi connectivity index (χ3v) is 5.46. The molecule has 1 fully saturated rings. The molecule has 1 aliphatic rings. The fraction of sp³-hybridized carbons (Fsp3) is 0.200. The zero-order chi connectivity index (χ0) is 21.3. The van der Waals surface area contributed by atoms with Gasteiger partial charge in [-0.15, -0.1) is 11.3 Å². The summed E-state index contributed by atoms with van der Waals surface area (Å²) >= 11 is 1.51. The molecule has 0 unspecified atom stereocenters. The van der Waals surface area contributed by atoms with Crippen LogP contribution in [-0.4, -0.2) is 37.2 Å².